The molecule has 1 unspecified atom stereocenters. The lowest BCUT2D eigenvalue weighted by atomic mass is 9.90. The number of hydrogen-bond acceptors (Lipinski definition) is 5. The highest BCUT2D eigenvalue weighted by Gasteiger charge is 2.27. The van der Waals surface area contributed by atoms with Crippen molar-refractivity contribution in [3.05, 3.63) is 70.1 Å². The van der Waals surface area contributed by atoms with Crippen molar-refractivity contribution in [3.63, 3.8) is 0 Å². The van der Waals surface area contributed by atoms with Gasteiger partial charge in [0.25, 0.3) is 0 Å². The molecule has 1 aromatic heterocycles. The fraction of sp³-hybridized carbons (Fsp3) is 0.158. The van der Waals surface area contributed by atoms with Crippen molar-refractivity contribution in [2.24, 2.45) is 0 Å². The molecule has 0 saturated heterocycles. The summed E-state index contributed by atoms with van der Waals surface area (Å²) in [7, 11) is 1.62. The summed E-state index contributed by atoms with van der Waals surface area (Å²) in [5, 5.41) is 4.07. The monoisotopic (exact) mass is 321 g/mol. The zero-order valence-electron chi connectivity index (χ0n) is 13.0. The third-order valence-corrected chi connectivity index (χ3v) is 4.32. The average Bonchev–Trinajstić information content (AvgIpc) is 2.61. The Balaban J connectivity index is 1.76. The predicted octanol–water partition coefficient (Wildman–Crippen LogP) is 3.54. The van der Waals surface area contributed by atoms with Crippen LogP contribution < -0.4 is 15.7 Å². The Bertz CT molecular complexity index is 988. The van der Waals surface area contributed by atoms with E-state index in [0.29, 0.717) is 23.0 Å². The zero-order valence-corrected chi connectivity index (χ0v) is 13.0. The van der Waals surface area contributed by atoms with Gasteiger partial charge >= 0.3 is 5.63 Å². The van der Waals surface area contributed by atoms with Crippen LogP contribution in [0.4, 0.5) is 5.69 Å². The van der Waals surface area contributed by atoms with Gasteiger partial charge in [-0.15, -0.1) is 0 Å². The second-order valence-electron chi connectivity index (χ2n) is 5.75. The number of ketones is 1. The molecule has 0 spiro atoms. The second-order valence-corrected chi connectivity index (χ2v) is 5.75. The van der Waals surface area contributed by atoms with Gasteiger partial charge in [0.15, 0.2) is 5.78 Å². The number of Topliss-reactive ketones (excluding diaryl/α,β-unsaturated/α-hetero) is 1. The third kappa shape index (κ3) is 2.34. The molecule has 0 aliphatic carbocycles. The van der Waals surface area contributed by atoms with Crippen LogP contribution in [0.2, 0.25) is 0 Å². The Morgan fingerprint density at radius 3 is 2.58 bits per heavy atom. The van der Waals surface area contributed by atoms with E-state index in [1.807, 2.05) is 24.3 Å². The van der Waals surface area contributed by atoms with Crippen molar-refractivity contribution in [3.8, 4) is 5.75 Å². The Hall–Kier alpha value is -3.08. The van der Waals surface area contributed by atoms with E-state index in [1.54, 1.807) is 25.3 Å². The summed E-state index contributed by atoms with van der Waals surface area (Å²) in [6, 6.07) is 14.1. The lowest BCUT2D eigenvalue weighted by molar-refractivity contribution is 0.0974. The van der Waals surface area contributed by atoms with Crippen molar-refractivity contribution < 1.29 is 13.9 Å². The first kappa shape index (κ1) is 14.5. The minimum absolute atomic E-state index is 0.0315. The maximum atomic E-state index is 12.7. The van der Waals surface area contributed by atoms with Crippen molar-refractivity contribution in [2.75, 3.05) is 12.4 Å². The van der Waals surface area contributed by atoms with Gasteiger partial charge in [0, 0.05) is 23.6 Å². The molecular formula is C19H15NO4. The van der Waals surface area contributed by atoms with E-state index in [2.05, 4.69) is 5.32 Å². The summed E-state index contributed by atoms with van der Waals surface area (Å²) in [5.41, 5.74) is 2.37. The van der Waals surface area contributed by atoms with Gasteiger partial charge < -0.3 is 14.5 Å². The number of benzene rings is 2. The number of hydrogen-bond donors (Lipinski definition) is 1. The van der Waals surface area contributed by atoms with Crippen molar-refractivity contribution in [1.29, 1.82) is 0 Å². The highest BCUT2D eigenvalue weighted by Crippen LogP contribution is 2.36. The average molecular weight is 321 g/mol. The lowest BCUT2D eigenvalue weighted by Gasteiger charge is -2.27. The van der Waals surface area contributed by atoms with Crippen molar-refractivity contribution >= 4 is 22.4 Å². The van der Waals surface area contributed by atoms with Crippen molar-refractivity contribution in [1.82, 2.24) is 0 Å². The Labute approximate surface area is 137 Å². The van der Waals surface area contributed by atoms with Crippen LogP contribution in [0, 0.1) is 0 Å². The number of methoxy groups -OCH3 is 1. The predicted molar refractivity (Wildman–Crippen MR) is 90.8 cm³/mol. The molecule has 1 aliphatic rings. The molecule has 0 fully saturated rings. The van der Waals surface area contributed by atoms with E-state index < -0.39 is 5.63 Å². The zero-order chi connectivity index (χ0) is 16.7. The lowest BCUT2D eigenvalue weighted by Crippen LogP contribution is -2.23. The summed E-state index contributed by atoms with van der Waals surface area (Å²) in [4.78, 5) is 24.1. The minimum atomic E-state index is -0.422. The molecule has 0 radical (unpaired) electrons. The molecule has 1 aliphatic heterocycles. The molecule has 1 N–H and O–H groups in total. The maximum Gasteiger partial charge on any atom is 0.336 e. The van der Waals surface area contributed by atoms with Gasteiger partial charge in [-0.05, 0) is 35.9 Å². The SMILES string of the molecule is COc1ccc(C2CC(=O)c3c(ccc4oc(=O)ccc34)N2)cc1. The molecule has 2 heterocycles. The first-order chi connectivity index (χ1) is 11.7. The molecule has 0 bridgehead atoms. The smallest absolute Gasteiger partial charge is 0.336 e. The molecule has 3 aromatic rings. The number of nitrogens with one attached hydrogen (secondary N) is 1. The summed E-state index contributed by atoms with van der Waals surface area (Å²) in [6.07, 6.45) is 0.345. The van der Waals surface area contributed by atoms with Crippen LogP contribution in [0.25, 0.3) is 11.0 Å². The number of ether oxygens (including phenoxy) is 1. The Kier molecular flexibility index (Phi) is 3.34. The molecule has 24 heavy (non-hydrogen) atoms. The third-order valence-electron chi connectivity index (χ3n) is 4.32. The quantitative estimate of drug-likeness (QED) is 0.731. The van der Waals surface area contributed by atoms with Crippen LogP contribution in [0.3, 0.4) is 0 Å². The first-order valence-corrected chi connectivity index (χ1v) is 7.66. The molecule has 120 valence electrons. The van der Waals surface area contributed by atoms with Gasteiger partial charge in [0.05, 0.1) is 18.7 Å². The summed E-state index contributed by atoms with van der Waals surface area (Å²) in [6.45, 7) is 0. The molecule has 0 amide bonds. The Morgan fingerprint density at radius 1 is 1.04 bits per heavy atom. The van der Waals surface area contributed by atoms with Crippen LogP contribution in [0.15, 0.2) is 57.7 Å². The molecular weight excluding hydrogens is 306 g/mol. The highest BCUT2D eigenvalue weighted by molar-refractivity contribution is 6.13. The van der Waals surface area contributed by atoms with E-state index in [9.17, 15) is 9.59 Å². The number of carbonyl (C=O) groups excluding carboxylic acids is 1. The molecule has 2 aromatic carbocycles. The maximum absolute atomic E-state index is 12.7. The topological polar surface area (TPSA) is 68.5 Å². The van der Waals surface area contributed by atoms with Crippen LogP contribution in [-0.4, -0.2) is 12.9 Å². The van der Waals surface area contributed by atoms with Crippen LogP contribution in [0.1, 0.15) is 28.4 Å². The highest BCUT2D eigenvalue weighted by atomic mass is 16.5. The number of carbonyl (C=O) groups is 1. The fourth-order valence-corrected chi connectivity index (χ4v) is 3.13. The fourth-order valence-electron chi connectivity index (χ4n) is 3.13. The van der Waals surface area contributed by atoms with Crippen LogP contribution >= 0.6 is 0 Å². The largest absolute Gasteiger partial charge is 0.497 e. The van der Waals surface area contributed by atoms with Gasteiger partial charge in [-0.1, -0.05) is 12.1 Å². The van der Waals surface area contributed by atoms with E-state index >= 15 is 0 Å². The second kappa shape index (κ2) is 5.53. The molecule has 4 rings (SSSR count). The molecule has 0 saturated carbocycles. The van der Waals surface area contributed by atoms with Gasteiger partial charge in [-0.2, -0.15) is 0 Å². The van der Waals surface area contributed by atoms with Gasteiger partial charge in [0.1, 0.15) is 11.3 Å². The van der Waals surface area contributed by atoms with E-state index in [0.717, 1.165) is 17.0 Å². The van der Waals surface area contributed by atoms with Crippen LogP contribution in [-0.2, 0) is 0 Å². The van der Waals surface area contributed by atoms with Crippen LogP contribution in [0.5, 0.6) is 5.75 Å². The molecule has 5 nitrogen and oxygen atoms in total. The summed E-state index contributed by atoms with van der Waals surface area (Å²) < 4.78 is 10.3. The minimum Gasteiger partial charge on any atom is -0.497 e. The first-order valence-electron chi connectivity index (χ1n) is 7.66. The van der Waals surface area contributed by atoms with Gasteiger partial charge in [0.2, 0.25) is 0 Å². The number of anilines is 1. The molecule has 1 atom stereocenters. The van der Waals surface area contributed by atoms with Gasteiger partial charge in [-0.3, -0.25) is 4.79 Å². The van der Waals surface area contributed by atoms with E-state index in [-0.39, 0.29) is 11.8 Å². The van der Waals surface area contributed by atoms with Gasteiger partial charge in [-0.25, -0.2) is 4.79 Å². The summed E-state index contributed by atoms with van der Waals surface area (Å²) in [5.74, 6) is 0.811. The van der Waals surface area contributed by atoms with Crippen molar-refractivity contribution in [2.45, 2.75) is 12.5 Å². The Morgan fingerprint density at radius 2 is 1.83 bits per heavy atom. The van der Waals surface area contributed by atoms with E-state index in [4.69, 9.17) is 9.15 Å². The number of rotatable bonds is 2. The summed E-state index contributed by atoms with van der Waals surface area (Å²) >= 11 is 0. The molecule has 5 heteroatoms. The normalized spacial score (nSPS) is 16.5. The standard InChI is InChI=1S/C19H15NO4/c1-23-12-4-2-11(3-5-12)15-10-16(21)19-13-6-9-18(22)24-17(13)8-7-14(19)20-15/h2-9,15,20H,10H2,1H3. The van der Waals surface area contributed by atoms with E-state index in [1.165, 1.54) is 6.07 Å². The number of fused-ring (bicyclic) bond motifs is 3.